The Bertz CT molecular complexity index is 443. The number of pyridine rings is 1. The maximum Gasteiger partial charge on any atom is 0.101 e. The van der Waals surface area contributed by atoms with E-state index in [1.165, 1.54) is 0 Å². The van der Waals surface area contributed by atoms with Crippen LogP contribution in [0.2, 0.25) is 0 Å². The van der Waals surface area contributed by atoms with Gasteiger partial charge in [0, 0.05) is 12.7 Å². The first-order chi connectivity index (χ1) is 10.6. The van der Waals surface area contributed by atoms with Crippen LogP contribution in [0.3, 0.4) is 0 Å². The minimum Gasteiger partial charge on any atom is -0.303 e. The van der Waals surface area contributed by atoms with Crippen LogP contribution in [0.15, 0.2) is 24.4 Å². The molecule has 0 fully saturated rings. The van der Waals surface area contributed by atoms with Gasteiger partial charge in [-0.05, 0) is 56.8 Å². The largest absolute Gasteiger partial charge is 0.303 e. The van der Waals surface area contributed by atoms with Crippen LogP contribution in [0.4, 0.5) is 0 Å². The van der Waals surface area contributed by atoms with E-state index in [0.29, 0.717) is 5.92 Å². The molecule has 0 unspecified atom stereocenters. The summed E-state index contributed by atoms with van der Waals surface area (Å²) < 4.78 is 0. The van der Waals surface area contributed by atoms with Gasteiger partial charge in [0.05, 0.1) is 11.8 Å². The lowest BCUT2D eigenvalue weighted by Crippen LogP contribution is -2.35. The van der Waals surface area contributed by atoms with Crippen molar-refractivity contribution in [2.75, 3.05) is 19.6 Å². The summed E-state index contributed by atoms with van der Waals surface area (Å²) in [6, 6.07) is 8.53. The fraction of sp³-hybridized carbons (Fsp3) is 0.684. The number of nitrogens with zero attached hydrogens (tertiary/aromatic N) is 3. The summed E-state index contributed by atoms with van der Waals surface area (Å²) in [5.74, 6) is 0.479. The Labute approximate surface area is 136 Å². The van der Waals surface area contributed by atoms with Crippen molar-refractivity contribution in [2.45, 2.75) is 58.8 Å². The molecule has 0 aliphatic heterocycles. The van der Waals surface area contributed by atoms with Crippen molar-refractivity contribution in [1.82, 2.24) is 9.88 Å². The maximum atomic E-state index is 9.94. The van der Waals surface area contributed by atoms with Gasteiger partial charge in [0.2, 0.25) is 0 Å². The average molecular weight is 301 g/mol. The summed E-state index contributed by atoms with van der Waals surface area (Å²) in [6.45, 7) is 12.0. The van der Waals surface area contributed by atoms with E-state index in [0.717, 1.165) is 51.0 Å². The van der Waals surface area contributed by atoms with Gasteiger partial charge in [-0.15, -0.1) is 0 Å². The standard InChI is InChI=1S/C19H31N3/c1-5-12-22(13-6-2)14-10-19(16-20,15-17(3)4)18-9-7-8-11-21-18/h7-9,11,17H,5-6,10,12-15H2,1-4H3/t19-/m1/s1. The Morgan fingerprint density at radius 3 is 2.32 bits per heavy atom. The molecule has 1 aromatic heterocycles. The zero-order valence-electron chi connectivity index (χ0n) is 14.7. The van der Waals surface area contributed by atoms with Crippen LogP contribution in [0.5, 0.6) is 0 Å². The predicted molar refractivity (Wildman–Crippen MR) is 92.6 cm³/mol. The molecule has 1 aromatic rings. The summed E-state index contributed by atoms with van der Waals surface area (Å²) in [5, 5.41) is 9.94. The molecule has 122 valence electrons. The number of nitriles is 1. The molecule has 22 heavy (non-hydrogen) atoms. The molecule has 1 rings (SSSR count). The second-order valence-corrected chi connectivity index (χ2v) is 6.60. The Kier molecular flexibility index (Phi) is 8.12. The molecule has 0 aromatic carbocycles. The normalized spacial score (nSPS) is 14.0. The van der Waals surface area contributed by atoms with Gasteiger partial charge >= 0.3 is 0 Å². The van der Waals surface area contributed by atoms with Crippen LogP contribution in [0, 0.1) is 17.2 Å². The highest BCUT2D eigenvalue weighted by atomic mass is 15.1. The summed E-state index contributed by atoms with van der Waals surface area (Å²) >= 11 is 0. The monoisotopic (exact) mass is 301 g/mol. The number of aromatic nitrogens is 1. The fourth-order valence-corrected chi connectivity index (χ4v) is 3.15. The Morgan fingerprint density at radius 2 is 1.86 bits per heavy atom. The SMILES string of the molecule is CCCN(CCC)CC[C@](C#N)(CC(C)C)c1ccccn1. The van der Waals surface area contributed by atoms with E-state index in [-0.39, 0.29) is 0 Å². The topological polar surface area (TPSA) is 39.9 Å². The van der Waals surface area contributed by atoms with Crippen molar-refractivity contribution < 1.29 is 0 Å². The van der Waals surface area contributed by atoms with Gasteiger partial charge in [0.1, 0.15) is 5.41 Å². The van der Waals surface area contributed by atoms with Crippen molar-refractivity contribution in [1.29, 1.82) is 5.26 Å². The fourth-order valence-electron chi connectivity index (χ4n) is 3.15. The smallest absolute Gasteiger partial charge is 0.101 e. The Hall–Kier alpha value is -1.40. The van der Waals surface area contributed by atoms with Crippen LogP contribution in [0.1, 0.15) is 59.1 Å². The quantitative estimate of drug-likeness (QED) is 0.643. The van der Waals surface area contributed by atoms with Crippen LogP contribution in [-0.2, 0) is 5.41 Å². The minimum atomic E-state index is -0.463. The first-order valence-corrected chi connectivity index (χ1v) is 8.63. The molecule has 1 heterocycles. The van der Waals surface area contributed by atoms with E-state index in [1.54, 1.807) is 6.20 Å². The van der Waals surface area contributed by atoms with Gasteiger partial charge in [-0.2, -0.15) is 5.26 Å². The molecule has 0 saturated heterocycles. The van der Waals surface area contributed by atoms with Crippen molar-refractivity contribution in [2.24, 2.45) is 5.92 Å². The zero-order chi connectivity index (χ0) is 16.4. The van der Waals surface area contributed by atoms with Crippen molar-refractivity contribution in [3.05, 3.63) is 30.1 Å². The third-order valence-electron chi connectivity index (χ3n) is 4.06. The van der Waals surface area contributed by atoms with Crippen LogP contribution < -0.4 is 0 Å². The zero-order valence-corrected chi connectivity index (χ0v) is 14.7. The first-order valence-electron chi connectivity index (χ1n) is 8.63. The average Bonchev–Trinajstić information content (AvgIpc) is 2.52. The summed E-state index contributed by atoms with van der Waals surface area (Å²) in [4.78, 5) is 6.99. The van der Waals surface area contributed by atoms with E-state index in [9.17, 15) is 5.26 Å². The summed E-state index contributed by atoms with van der Waals surface area (Å²) in [6.07, 6.45) is 5.85. The molecule has 0 aliphatic carbocycles. The first kappa shape index (κ1) is 18.6. The molecule has 0 spiro atoms. The lowest BCUT2D eigenvalue weighted by Gasteiger charge is -2.31. The Morgan fingerprint density at radius 1 is 1.18 bits per heavy atom. The van der Waals surface area contributed by atoms with Gasteiger partial charge in [-0.1, -0.05) is 33.8 Å². The van der Waals surface area contributed by atoms with Gasteiger partial charge in [0.25, 0.3) is 0 Å². The third kappa shape index (κ3) is 5.42. The molecule has 0 N–H and O–H groups in total. The van der Waals surface area contributed by atoms with Crippen molar-refractivity contribution in [3.8, 4) is 6.07 Å². The van der Waals surface area contributed by atoms with Crippen LogP contribution in [0.25, 0.3) is 0 Å². The molecule has 1 atom stereocenters. The van der Waals surface area contributed by atoms with E-state index in [4.69, 9.17) is 0 Å². The van der Waals surface area contributed by atoms with Gasteiger partial charge in [-0.25, -0.2) is 0 Å². The van der Waals surface area contributed by atoms with Gasteiger partial charge in [0.15, 0.2) is 0 Å². The van der Waals surface area contributed by atoms with Gasteiger partial charge in [-0.3, -0.25) is 4.98 Å². The lowest BCUT2D eigenvalue weighted by molar-refractivity contribution is 0.241. The summed E-state index contributed by atoms with van der Waals surface area (Å²) in [7, 11) is 0. The van der Waals surface area contributed by atoms with Gasteiger partial charge < -0.3 is 4.90 Å². The second-order valence-electron chi connectivity index (χ2n) is 6.60. The molecule has 0 bridgehead atoms. The molecule has 3 nitrogen and oxygen atoms in total. The second kappa shape index (κ2) is 9.58. The predicted octanol–water partition coefficient (Wildman–Crippen LogP) is 4.40. The third-order valence-corrected chi connectivity index (χ3v) is 4.06. The molecular formula is C19H31N3. The molecule has 0 aliphatic rings. The molecule has 3 heteroatoms. The van der Waals surface area contributed by atoms with Crippen molar-refractivity contribution >= 4 is 0 Å². The van der Waals surface area contributed by atoms with Crippen LogP contribution >= 0.6 is 0 Å². The van der Waals surface area contributed by atoms with Crippen LogP contribution in [-0.4, -0.2) is 29.5 Å². The molecule has 0 radical (unpaired) electrons. The van der Waals surface area contributed by atoms with E-state index in [2.05, 4.69) is 43.6 Å². The molecule has 0 saturated carbocycles. The Balaban J connectivity index is 2.93. The number of hydrogen-bond acceptors (Lipinski definition) is 3. The number of rotatable bonds is 10. The highest BCUT2D eigenvalue weighted by Crippen LogP contribution is 2.33. The highest BCUT2D eigenvalue weighted by molar-refractivity contribution is 5.26. The molecule has 0 amide bonds. The van der Waals surface area contributed by atoms with Crippen molar-refractivity contribution in [3.63, 3.8) is 0 Å². The van der Waals surface area contributed by atoms with E-state index >= 15 is 0 Å². The summed E-state index contributed by atoms with van der Waals surface area (Å²) in [5.41, 5.74) is 0.467. The number of hydrogen-bond donors (Lipinski definition) is 0. The molecular weight excluding hydrogens is 270 g/mol. The maximum absolute atomic E-state index is 9.94. The van der Waals surface area contributed by atoms with E-state index < -0.39 is 5.41 Å². The minimum absolute atomic E-state index is 0.463. The lowest BCUT2D eigenvalue weighted by atomic mass is 9.75. The highest BCUT2D eigenvalue weighted by Gasteiger charge is 2.34. The van der Waals surface area contributed by atoms with E-state index in [1.807, 2.05) is 18.2 Å².